The number of fused-ring (bicyclic) bond motifs is 7. The van der Waals surface area contributed by atoms with Crippen LogP contribution in [-0.4, -0.2) is 217 Å². The molecule has 0 radical (unpaired) electrons. The van der Waals surface area contributed by atoms with E-state index < -0.39 is 148 Å². The van der Waals surface area contributed by atoms with Gasteiger partial charge in [-0.1, -0.05) is 46.3 Å². The summed E-state index contributed by atoms with van der Waals surface area (Å²) >= 11 is 0. The Labute approximate surface area is 426 Å². The summed E-state index contributed by atoms with van der Waals surface area (Å²) < 4.78 is 62.2. The number of aliphatic hydroxyl groups is 11. The van der Waals surface area contributed by atoms with Crippen LogP contribution in [0.2, 0.25) is 0 Å². The van der Waals surface area contributed by atoms with E-state index in [1.807, 2.05) is 0 Å². The molecule has 0 aromatic rings. The van der Waals surface area contributed by atoms with Crippen molar-refractivity contribution in [2.24, 2.45) is 45.8 Å². The lowest BCUT2D eigenvalue weighted by molar-refractivity contribution is -0.394. The van der Waals surface area contributed by atoms with Gasteiger partial charge in [-0.05, 0) is 105 Å². The van der Waals surface area contributed by atoms with Gasteiger partial charge in [0, 0.05) is 12.3 Å². The number of hydrogen-bond acceptors (Lipinski definition) is 21. The van der Waals surface area contributed by atoms with Crippen LogP contribution in [0.4, 0.5) is 0 Å². The summed E-state index contributed by atoms with van der Waals surface area (Å²) in [6.45, 7) is 14.3. The lowest BCUT2D eigenvalue weighted by atomic mass is 9.41. The van der Waals surface area contributed by atoms with Crippen molar-refractivity contribution >= 4 is 0 Å². The first kappa shape index (κ1) is 55.2. The Balaban J connectivity index is 0.845. The zero-order chi connectivity index (χ0) is 52.4. The van der Waals surface area contributed by atoms with E-state index in [9.17, 15) is 56.2 Å². The second-order valence-corrected chi connectivity index (χ2v) is 24.6. The SMILES string of the molecule is CC1CCC2(OC1)O[C@H]1CC3[C@]4(C)CC=C5C[C@@H](O[C@@H]6O[C@H](CO)[C@@H](O[C@H]7O[C@@H](C)[C@H](O[C@@H]8O[C@H](CO)[C@@H](O)[C@H](O)[C@H]8O)[C@@H](O)[C@H]7O)[C@H](O)[C@H]6OC6O[C@@H](C)[C@H](O)[C@@H](O)[C@H]6O)CC[C@]5(C)C4CC[C@]3(C)[C@H]1[C@@H]2C. The molecular formula is C52H84O21. The second kappa shape index (κ2) is 20.5. The molecule has 21 nitrogen and oxygen atoms in total. The topological polar surface area (TPSA) is 315 Å². The minimum absolute atomic E-state index is 0.0537. The zero-order valence-corrected chi connectivity index (χ0v) is 43.2. The van der Waals surface area contributed by atoms with Gasteiger partial charge in [0.2, 0.25) is 0 Å². The maximum Gasteiger partial charge on any atom is 0.187 e. The van der Waals surface area contributed by atoms with E-state index in [2.05, 4.69) is 40.7 Å². The van der Waals surface area contributed by atoms with Crippen molar-refractivity contribution in [2.75, 3.05) is 19.8 Å². The first-order valence-corrected chi connectivity index (χ1v) is 27.1. The van der Waals surface area contributed by atoms with Crippen LogP contribution in [0.5, 0.6) is 0 Å². The molecule has 0 amide bonds. The summed E-state index contributed by atoms with van der Waals surface area (Å²) in [5.41, 5.74) is 1.38. The maximum absolute atomic E-state index is 12.3. The predicted molar refractivity (Wildman–Crippen MR) is 250 cm³/mol. The highest BCUT2D eigenvalue weighted by Crippen LogP contribution is 2.74. The van der Waals surface area contributed by atoms with Gasteiger partial charge in [0.05, 0.1) is 44.2 Å². The third kappa shape index (κ3) is 9.14. The van der Waals surface area contributed by atoms with Crippen LogP contribution in [0.3, 0.4) is 0 Å². The van der Waals surface area contributed by atoms with Crippen molar-refractivity contribution < 1.29 is 104 Å². The Morgan fingerprint density at radius 2 is 1.18 bits per heavy atom. The molecule has 11 N–H and O–H groups in total. The van der Waals surface area contributed by atoms with Gasteiger partial charge in [0.25, 0.3) is 0 Å². The molecule has 418 valence electrons. The first-order chi connectivity index (χ1) is 34.5. The summed E-state index contributed by atoms with van der Waals surface area (Å²) in [7, 11) is 0. The average molecular weight is 1050 g/mol. The Kier molecular flexibility index (Phi) is 15.5. The summed E-state index contributed by atoms with van der Waals surface area (Å²) in [4.78, 5) is 0. The Morgan fingerprint density at radius 3 is 1.85 bits per heavy atom. The van der Waals surface area contributed by atoms with Crippen LogP contribution in [0.1, 0.15) is 106 Å². The molecule has 6 heterocycles. The third-order valence-corrected chi connectivity index (χ3v) is 20.3. The van der Waals surface area contributed by atoms with Gasteiger partial charge < -0.3 is 104 Å². The fraction of sp³-hybridized carbons (Fsp3) is 0.962. The highest BCUT2D eigenvalue weighted by molar-refractivity contribution is 5.29. The molecule has 6 saturated heterocycles. The third-order valence-electron chi connectivity index (χ3n) is 20.3. The van der Waals surface area contributed by atoms with Crippen molar-refractivity contribution in [1.29, 1.82) is 0 Å². The largest absolute Gasteiger partial charge is 0.394 e. The smallest absolute Gasteiger partial charge is 0.187 e. The summed E-state index contributed by atoms with van der Waals surface area (Å²) in [5, 5.41) is 119. The molecule has 31 atom stereocenters. The molecule has 10 aliphatic rings. The van der Waals surface area contributed by atoms with Gasteiger partial charge in [0.1, 0.15) is 85.5 Å². The molecule has 73 heavy (non-hydrogen) atoms. The minimum Gasteiger partial charge on any atom is -0.394 e. The Bertz CT molecular complexity index is 1960. The van der Waals surface area contributed by atoms with Crippen molar-refractivity contribution in [3.05, 3.63) is 11.6 Å². The van der Waals surface area contributed by atoms with Crippen LogP contribution >= 0.6 is 0 Å². The zero-order valence-electron chi connectivity index (χ0n) is 43.2. The number of hydrogen-bond donors (Lipinski definition) is 11. The highest BCUT2D eigenvalue weighted by atomic mass is 16.8. The van der Waals surface area contributed by atoms with Crippen molar-refractivity contribution in [1.82, 2.24) is 0 Å². The highest BCUT2D eigenvalue weighted by Gasteiger charge is 2.71. The standard InChI is InChI=1S/C52H84O21/c1-21-8-15-52(64-20-21)22(2)32-27(73-52)17-31-50(6)12-9-25-16-26(10-13-49(25,5)30(50)11-14-51(31,32)7)67-48-44(72-45-38(60)35(57)33(55)23(3)65-45)41(63)43(29(19-54)69-48)71-46-40(62)37(59)42(24(4)66-46)70-47-39(61)36(58)34(56)28(18-53)68-47/h9,21-24,26-48,53-63H,8,10-20H2,1-7H3/t21?,22-,23-,24-,26-,27-,28+,29+,30?,31?,32-,33-,34+,35+,36-,37-,38+,39+,40+,41-,42-,43+,44+,45?,46+,47-,48+,49-,50+,51-,52?/m0/s1. The van der Waals surface area contributed by atoms with Crippen LogP contribution in [0, 0.1) is 45.8 Å². The summed E-state index contributed by atoms with van der Waals surface area (Å²) in [6, 6.07) is 0. The van der Waals surface area contributed by atoms with Gasteiger partial charge in [-0.15, -0.1) is 0 Å². The molecule has 6 aliphatic heterocycles. The number of allylic oxidation sites excluding steroid dienone is 1. The molecule has 3 saturated carbocycles. The molecule has 0 bridgehead atoms. The van der Waals surface area contributed by atoms with Gasteiger partial charge in [0.15, 0.2) is 30.9 Å². The maximum atomic E-state index is 12.3. The second-order valence-electron chi connectivity index (χ2n) is 24.6. The fourth-order valence-electron chi connectivity index (χ4n) is 16.1. The van der Waals surface area contributed by atoms with E-state index in [0.717, 1.165) is 51.6 Å². The quantitative estimate of drug-likeness (QED) is 0.122. The molecule has 5 unspecified atom stereocenters. The number of aliphatic hydroxyl groups excluding tert-OH is 11. The molecule has 1 spiro atoms. The van der Waals surface area contributed by atoms with E-state index in [0.29, 0.717) is 42.4 Å². The van der Waals surface area contributed by atoms with E-state index in [-0.39, 0.29) is 22.3 Å². The van der Waals surface area contributed by atoms with E-state index in [1.165, 1.54) is 19.4 Å². The van der Waals surface area contributed by atoms with Gasteiger partial charge in [-0.2, -0.15) is 0 Å². The molecule has 4 aliphatic carbocycles. The molecule has 10 rings (SSSR count). The lowest BCUT2D eigenvalue weighted by Crippen LogP contribution is -2.67. The molecule has 9 fully saturated rings. The average Bonchev–Trinajstić information content (AvgIpc) is 3.82. The number of rotatable bonds is 10. The summed E-state index contributed by atoms with van der Waals surface area (Å²) in [5.74, 6) is 1.73. The summed E-state index contributed by atoms with van der Waals surface area (Å²) in [6.07, 6.45) is -20.8. The lowest BCUT2D eigenvalue weighted by Gasteiger charge is -2.63. The van der Waals surface area contributed by atoms with Crippen LogP contribution < -0.4 is 0 Å². The van der Waals surface area contributed by atoms with Gasteiger partial charge >= 0.3 is 0 Å². The van der Waals surface area contributed by atoms with Crippen molar-refractivity contribution in [3.8, 4) is 0 Å². The predicted octanol–water partition coefficient (Wildman–Crippen LogP) is -0.544. The van der Waals surface area contributed by atoms with Crippen molar-refractivity contribution in [3.63, 3.8) is 0 Å². The van der Waals surface area contributed by atoms with E-state index in [1.54, 1.807) is 0 Å². The van der Waals surface area contributed by atoms with E-state index in [4.69, 9.17) is 47.4 Å². The van der Waals surface area contributed by atoms with Gasteiger partial charge in [-0.3, -0.25) is 0 Å². The molecule has 0 aromatic heterocycles. The fourth-order valence-corrected chi connectivity index (χ4v) is 16.1. The molecule has 0 aromatic carbocycles. The monoisotopic (exact) mass is 1040 g/mol. The van der Waals surface area contributed by atoms with Crippen molar-refractivity contribution in [2.45, 2.75) is 247 Å². The van der Waals surface area contributed by atoms with Crippen LogP contribution in [-0.2, 0) is 47.4 Å². The molecular weight excluding hydrogens is 961 g/mol. The van der Waals surface area contributed by atoms with Crippen LogP contribution in [0.25, 0.3) is 0 Å². The normalized spacial score (nSPS) is 58.2. The van der Waals surface area contributed by atoms with Crippen LogP contribution in [0.15, 0.2) is 11.6 Å². The Hall–Kier alpha value is -1.10. The number of ether oxygens (including phenoxy) is 10. The Morgan fingerprint density at radius 1 is 0.562 bits per heavy atom. The first-order valence-electron chi connectivity index (χ1n) is 27.1. The van der Waals surface area contributed by atoms with E-state index >= 15 is 0 Å². The molecule has 21 heteroatoms. The van der Waals surface area contributed by atoms with Gasteiger partial charge in [-0.25, -0.2) is 0 Å². The minimum atomic E-state index is -1.90.